The summed E-state index contributed by atoms with van der Waals surface area (Å²) in [6, 6.07) is 8.35. The van der Waals surface area contributed by atoms with Crippen molar-refractivity contribution in [1.82, 2.24) is 5.43 Å². The Kier molecular flexibility index (Phi) is 3.07. The largest absolute Gasteiger partial charge is 0.372 e. The number of hydrogen-bond acceptors (Lipinski definition) is 3. The molecule has 4 nitrogen and oxygen atoms in total. The number of carbonyl (C=O) groups is 1. The van der Waals surface area contributed by atoms with Crippen molar-refractivity contribution >= 4 is 23.4 Å². The second-order valence-electron chi connectivity index (χ2n) is 4.98. The Morgan fingerprint density at radius 2 is 1.89 bits per heavy atom. The van der Waals surface area contributed by atoms with E-state index in [1.807, 2.05) is 13.0 Å². The van der Waals surface area contributed by atoms with Gasteiger partial charge in [0.1, 0.15) is 0 Å². The Morgan fingerprint density at radius 1 is 1.21 bits per heavy atom. The highest BCUT2D eigenvalue weighted by molar-refractivity contribution is 6.26. The molecule has 0 spiro atoms. The van der Waals surface area contributed by atoms with Crippen LogP contribution in [-0.4, -0.2) is 24.7 Å². The van der Waals surface area contributed by atoms with Crippen LogP contribution in [0.2, 0.25) is 0 Å². The van der Waals surface area contributed by atoms with Crippen molar-refractivity contribution in [2.24, 2.45) is 5.10 Å². The number of nitrogens with zero attached hydrogens (tertiary/aromatic N) is 2. The summed E-state index contributed by atoms with van der Waals surface area (Å²) >= 11 is 0. The predicted octanol–water partition coefficient (Wildman–Crippen LogP) is 2.18. The van der Waals surface area contributed by atoms with E-state index in [1.54, 1.807) is 0 Å². The van der Waals surface area contributed by atoms with Crippen LogP contribution in [0.4, 0.5) is 5.69 Å². The molecular formula is C15H17N3O. The van der Waals surface area contributed by atoms with E-state index in [0.717, 1.165) is 24.4 Å². The lowest BCUT2D eigenvalue weighted by Gasteiger charge is -2.17. The molecular weight excluding hydrogens is 238 g/mol. The molecule has 1 saturated heterocycles. The highest BCUT2D eigenvalue weighted by Gasteiger charge is 2.18. The molecule has 0 radical (unpaired) electrons. The molecule has 0 atom stereocenters. The zero-order valence-corrected chi connectivity index (χ0v) is 11.0. The number of anilines is 1. The van der Waals surface area contributed by atoms with Crippen LogP contribution in [0.3, 0.4) is 0 Å². The molecule has 0 unspecified atom stereocenters. The fourth-order valence-corrected chi connectivity index (χ4v) is 2.51. The summed E-state index contributed by atoms with van der Waals surface area (Å²) in [6.45, 7) is 4.13. The Morgan fingerprint density at radius 3 is 2.47 bits per heavy atom. The molecule has 3 rings (SSSR count). The molecule has 1 fully saturated rings. The Labute approximate surface area is 112 Å². The number of amides is 1. The molecule has 1 N–H and O–H groups in total. The van der Waals surface area contributed by atoms with E-state index < -0.39 is 0 Å². The molecule has 2 aliphatic rings. The second kappa shape index (κ2) is 4.88. The summed E-state index contributed by atoms with van der Waals surface area (Å²) in [7, 11) is 0. The van der Waals surface area contributed by atoms with Crippen molar-refractivity contribution in [3.05, 3.63) is 35.4 Å². The van der Waals surface area contributed by atoms with Crippen molar-refractivity contribution in [2.75, 3.05) is 18.0 Å². The summed E-state index contributed by atoms with van der Waals surface area (Å²) in [5, 5.41) is 3.92. The zero-order valence-electron chi connectivity index (χ0n) is 11.0. The maximum Gasteiger partial charge on any atom is 0.273 e. The summed E-state index contributed by atoms with van der Waals surface area (Å²) in [5.74, 6) is -0.124. The SMILES string of the molecule is CC1=NNC(=O)C1=Cc1ccc(N2CCCC2)cc1. The molecule has 0 aromatic heterocycles. The lowest BCUT2D eigenvalue weighted by atomic mass is 10.1. The molecule has 19 heavy (non-hydrogen) atoms. The van der Waals surface area contributed by atoms with Gasteiger partial charge in [0.2, 0.25) is 0 Å². The molecule has 2 heterocycles. The summed E-state index contributed by atoms with van der Waals surface area (Å²) in [4.78, 5) is 14.0. The predicted molar refractivity (Wildman–Crippen MR) is 77.1 cm³/mol. The quantitative estimate of drug-likeness (QED) is 0.823. The molecule has 2 aliphatic heterocycles. The molecule has 1 aromatic rings. The molecule has 4 heteroatoms. The smallest absolute Gasteiger partial charge is 0.273 e. The number of rotatable bonds is 2. The van der Waals surface area contributed by atoms with Gasteiger partial charge in [-0.3, -0.25) is 4.79 Å². The lowest BCUT2D eigenvalue weighted by molar-refractivity contribution is -0.116. The average Bonchev–Trinajstić information content (AvgIpc) is 3.05. The number of hydrogen-bond donors (Lipinski definition) is 1. The van der Waals surface area contributed by atoms with Crippen LogP contribution >= 0.6 is 0 Å². The highest BCUT2D eigenvalue weighted by atomic mass is 16.2. The van der Waals surface area contributed by atoms with Crippen LogP contribution in [0.15, 0.2) is 34.9 Å². The minimum absolute atomic E-state index is 0.124. The highest BCUT2D eigenvalue weighted by Crippen LogP contribution is 2.21. The van der Waals surface area contributed by atoms with Crippen LogP contribution in [0, 0.1) is 0 Å². The van der Waals surface area contributed by atoms with Crippen LogP contribution < -0.4 is 10.3 Å². The monoisotopic (exact) mass is 255 g/mol. The van der Waals surface area contributed by atoms with Crippen molar-refractivity contribution in [1.29, 1.82) is 0 Å². The maximum absolute atomic E-state index is 11.6. The first kappa shape index (κ1) is 12.0. The zero-order chi connectivity index (χ0) is 13.2. The topological polar surface area (TPSA) is 44.7 Å². The first-order valence-corrected chi connectivity index (χ1v) is 6.66. The minimum Gasteiger partial charge on any atom is -0.372 e. The van der Waals surface area contributed by atoms with Crippen LogP contribution in [0.25, 0.3) is 6.08 Å². The minimum atomic E-state index is -0.124. The summed E-state index contributed by atoms with van der Waals surface area (Å²) in [5.41, 5.74) is 6.16. The van der Waals surface area contributed by atoms with Gasteiger partial charge >= 0.3 is 0 Å². The van der Waals surface area contributed by atoms with E-state index in [1.165, 1.54) is 18.5 Å². The molecule has 0 saturated carbocycles. The van der Waals surface area contributed by atoms with E-state index in [9.17, 15) is 4.79 Å². The Hall–Kier alpha value is -2.10. The van der Waals surface area contributed by atoms with Gasteiger partial charge in [0.05, 0.1) is 11.3 Å². The van der Waals surface area contributed by atoms with Crippen molar-refractivity contribution < 1.29 is 4.79 Å². The van der Waals surface area contributed by atoms with E-state index >= 15 is 0 Å². The number of hydrazone groups is 1. The first-order chi connectivity index (χ1) is 9.24. The van der Waals surface area contributed by atoms with Crippen molar-refractivity contribution in [3.63, 3.8) is 0 Å². The Bertz CT molecular complexity index is 551. The van der Waals surface area contributed by atoms with Crippen LogP contribution in [0.1, 0.15) is 25.3 Å². The Balaban J connectivity index is 1.81. The van der Waals surface area contributed by atoms with E-state index in [2.05, 4.69) is 39.7 Å². The van der Waals surface area contributed by atoms with Gasteiger partial charge in [-0.1, -0.05) is 12.1 Å². The van der Waals surface area contributed by atoms with Gasteiger partial charge in [0.15, 0.2) is 0 Å². The van der Waals surface area contributed by atoms with Crippen LogP contribution in [0.5, 0.6) is 0 Å². The summed E-state index contributed by atoms with van der Waals surface area (Å²) in [6.07, 6.45) is 4.44. The summed E-state index contributed by atoms with van der Waals surface area (Å²) < 4.78 is 0. The third kappa shape index (κ3) is 2.38. The van der Waals surface area contributed by atoms with E-state index in [4.69, 9.17) is 0 Å². The molecule has 0 aliphatic carbocycles. The first-order valence-electron chi connectivity index (χ1n) is 6.66. The maximum atomic E-state index is 11.6. The van der Waals surface area contributed by atoms with Gasteiger partial charge in [-0.05, 0) is 43.5 Å². The van der Waals surface area contributed by atoms with Gasteiger partial charge in [-0.2, -0.15) is 5.10 Å². The molecule has 0 bridgehead atoms. The third-order valence-electron chi connectivity index (χ3n) is 3.63. The fraction of sp³-hybridized carbons (Fsp3) is 0.333. The van der Waals surface area contributed by atoms with E-state index in [0.29, 0.717) is 5.57 Å². The third-order valence-corrected chi connectivity index (χ3v) is 3.63. The van der Waals surface area contributed by atoms with Gasteiger partial charge in [-0.25, -0.2) is 5.43 Å². The van der Waals surface area contributed by atoms with E-state index in [-0.39, 0.29) is 5.91 Å². The molecule has 98 valence electrons. The second-order valence-corrected chi connectivity index (χ2v) is 4.98. The van der Waals surface area contributed by atoms with Gasteiger partial charge in [-0.15, -0.1) is 0 Å². The lowest BCUT2D eigenvalue weighted by Crippen LogP contribution is -2.17. The number of benzene rings is 1. The normalized spacial score (nSPS) is 20.9. The molecule has 1 amide bonds. The standard InChI is InChI=1S/C15H17N3O/c1-11-14(15(19)17-16-11)10-12-4-6-13(7-5-12)18-8-2-3-9-18/h4-7,10H,2-3,8-9H2,1H3,(H,17,19). The van der Waals surface area contributed by atoms with Gasteiger partial charge < -0.3 is 4.90 Å². The number of carbonyl (C=O) groups excluding carboxylic acids is 1. The average molecular weight is 255 g/mol. The van der Waals surface area contributed by atoms with Crippen molar-refractivity contribution in [2.45, 2.75) is 19.8 Å². The number of nitrogens with one attached hydrogen (secondary N) is 1. The van der Waals surface area contributed by atoms with Crippen molar-refractivity contribution in [3.8, 4) is 0 Å². The van der Waals surface area contributed by atoms with Gasteiger partial charge in [0.25, 0.3) is 5.91 Å². The van der Waals surface area contributed by atoms with Gasteiger partial charge in [0, 0.05) is 18.8 Å². The molecule has 1 aromatic carbocycles. The fourth-order valence-electron chi connectivity index (χ4n) is 2.51. The van der Waals surface area contributed by atoms with Crippen LogP contribution in [-0.2, 0) is 4.79 Å².